The molecule has 2 aliphatic rings. The van der Waals surface area contributed by atoms with Gasteiger partial charge in [-0.3, -0.25) is 4.90 Å². The summed E-state index contributed by atoms with van der Waals surface area (Å²) in [7, 11) is 4.19. The quantitative estimate of drug-likeness (QED) is 0.701. The molecule has 0 radical (unpaired) electrons. The molecule has 2 aliphatic heterocycles. The number of hydrogen-bond acceptors (Lipinski definition) is 4. The maximum Gasteiger partial charge on any atom is 0.320 e. The summed E-state index contributed by atoms with van der Waals surface area (Å²) in [6.07, 6.45) is 0. The van der Waals surface area contributed by atoms with Crippen LogP contribution < -0.4 is 0 Å². The molecule has 0 aliphatic carbocycles. The molecule has 110 valence electrons. The van der Waals surface area contributed by atoms with Crippen molar-refractivity contribution in [3.8, 4) is 0 Å². The summed E-state index contributed by atoms with van der Waals surface area (Å²) in [5.41, 5.74) is 0. The van der Waals surface area contributed by atoms with E-state index in [0.717, 1.165) is 52.4 Å². The van der Waals surface area contributed by atoms with Crippen LogP contribution in [0.1, 0.15) is 0 Å². The minimum absolute atomic E-state index is 0.190. The molecule has 6 nitrogen and oxygen atoms in total. The third-order valence-corrected chi connectivity index (χ3v) is 3.79. The van der Waals surface area contributed by atoms with Crippen molar-refractivity contribution in [2.24, 2.45) is 0 Å². The molecule has 2 heterocycles. The van der Waals surface area contributed by atoms with Crippen molar-refractivity contribution in [3.05, 3.63) is 0 Å². The van der Waals surface area contributed by atoms with E-state index in [2.05, 4.69) is 23.9 Å². The van der Waals surface area contributed by atoms with E-state index in [4.69, 9.17) is 4.74 Å². The highest BCUT2D eigenvalue weighted by atomic mass is 16.5. The Morgan fingerprint density at radius 2 is 1.58 bits per heavy atom. The third kappa shape index (κ3) is 4.33. The Morgan fingerprint density at radius 1 is 1.00 bits per heavy atom. The van der Waals surface area contributed by atoms with Crippen molar-refractivity contribution in [2.45, 2.75) is 0 Å². The zero-order valence-electron chi connectivity index (χ0n) is 12.2. The summed E-state index contributed by atoms with van der Waals surface area (Å²) in [5.74, 6) is 0. The lowest BCUT2D eigenvalue weighted by atomic mass is 10.3. The Labute approximate surface area is 115 Å². The molecule has 2 rings (SSSR count). The van der Waals surface area contributed by atoms with E-state index in [1.807, 2.05) is 9.80 Å². The monoisotopic (exact) mass is 270 g/mol. The van der Waals surface area contributed by atoms with Crippen LogP contribution in [0.3, 0.4) is 0 Å². The van der Waals surface area contributed by atoms with Crippen molar-refractivity contribution in [2.75, 3.05) is 79.7 Å². The van der Waals surface area contributed by atoms with Crippen LogP contribution in [-0.2, 0) is 4.74 Å². The second kappa shape index (κ2) is 7.07. The Balaban J connectivity index is 1.71. The standard InChI is InChI=1S/C13H26N4O2/c1-14(2)3-4-15-5-7-16(8-6-15)13(18)17-9-11-19-12-10-17/h3-12H2,1-2H3. The number of morpholine rings is 1. The van der Waals surface area contributed by atoms with Gasteiger partial charge in [0.25, 0.3) is 0 Å². The number of amides is 2. The van der Waals surface area contributed by atoms with E-state index < -0.39 is 0 Å². The van der Waals surface area contributed by atoms with Gasteiger partial charge < -0.3 is 19.4 Å². The van der Waals surface area contributed by atoms with Gasteiger partial charge in [-0.25, -0.2) is 4.79 Å². The molecule has 0 saturated carbocycles. The summed E-state index contributed by atoms with van der Waals surface area (Å²) in [5, 5.41) is 0. The van der Waals surface area contributed by atoms with E-state index in [9.17, 15) is 4.79 Å². The summed E-state index contributed by atoms with van der Waals surface area (Å²) in [6.45, 7) is 8.67. The predicted octanol–water partition coefficient (Wildman–Crippen LogP) is -0.382. The smallest absolute Gasteiger partial charge is 0.320 e. The van der Waals surface area contributed by atoms with Crippen molar-refractivity contribution >= 4 is 6.03 Å². The predicted molar refractivity (Wildman–Crippen MR) is 74.4 cm³/mol. The fourth-order valence-corrected chi connectivity index (χ4v) is 2.46. The molecule has 0 spiro atoms. The molecule has 2 fully saturated rings. The first kappa shape index (κ1) is 14.6. The summed E-state index contributed by atoms with van der Waals surface area (Å²) < 4.78 is 5.28. The Morgan fingerprint density at radius 3 is 2.16 bits per heavy atom. The van der Waals surface area contributed by atoms with Crippen molar-refractivity contribution in [1.82, 2.24) is 19.6 Å². The van der Waals surface area contributed by atoms with Gasteiger partial charge in [-0.05, 0) is 14.1 Å². The number of rotatable bonds is 3. The number of likely N-dealkylation sites (N-methyl/N-ethyl adjacent to an activating group) is 1. The van der Waals surface area contributed by atoms with Gasteiger partial charge in [-0.15, -0.1) is 0 Å². The van der Waals surface area contributed by atoms with Crippen LogP contribution in [-0.4, -0.2) is 105 Å². The summed E-state index contributed by atoms with van der Waals surface area (Å²) >= 11 is 0. The maximum absolute atomic E-state index is 12.3. The van der Waals surface area contributed by atoms with Gasteiger partial charge in [0, 0.05) is 52.4 Å². The van der Waals surface area contributed by atoms with E-state index >= 15 is 0 Å². The van der Waals surface area contributed by atoms with Crippen LogP contribution in [0.25, 0.3) is 0 Å². The molecule has 0 aromatic rings. The molecule has 0 atom stereocenters. The van der Waals surface area contributed by atoms with Crippen LogP contribution in [0.5, 0.6) is 0 Å². The Bertz CT molecular complexity index is 284. The van der Waals surface area contributed by atoms with Gasteiger partial charge >= 0.3 is 6.03 Å². The third-order valence-electron chi connectivity index (χ3n) is 3.79. The molecular formula is C13H26N4O2. The van der Waals surface area contributed by atoms with Gasteiger partial charge in [-0.1, -0.05) is 0 Å². The number of nitrogens with zero attached hydrogens (tertiary/aromatic N) is 4. The molecule has 2 amide bonds. The lowest BCUT2D eigenvalue weighted by Gasteiger charge is -2.38. The highest BCUT2D eigenvalue weighted by Crippen LogP contribution is 2.07. The van der Waals surface area contributed by atoms with Crippen molar-refractivity contribution < 1.29 is 9.53 Å². The van der Waals surface area contributed by atoms with Crippen LogP contribution >= 0.6 is 0 Å². The lowest BCUT2D eigenvalue weighted by molar-refractivity contribution is 0.0374. The molecule has 6 heteroatoms. The van der Waals surface area contributed by atoms with E-state index in [1.165, 1.54) is 0 Å². The molecule has 0 aromatic carbocycles. The molecule has 0 unspecified atom stereocenters. The topological polar surface area (TPSA) is 39.3 Å². The average Bonchev–Trinajstić information content (AvgIpc) is 2.46. The first-order valence-corrected chi connectivity index (χ1v) is 7.15. The highest BCUT2D eigenvalue weighted by Gasteiger charge is 2.26. The van der Waals surface area contributed by atoms with Crippen LogP contribution in [0.15, 0.2) is 0 Å². The van der Waals surface area contributed by atoms with Gasteiger partial charge in [0.1, 0.15) is 0 Å². The van der Waals surface area contributed by atoms with E-state index in [0.29, 0.717) is 13.2 Å². The second-order valence-corrected chi connectivity index (χ2v) is 5.51. The van der Waals surface area contributed by atoms with Crippen LogP contribution in [0, 0.1) is 0 Å². The highest BCUT2D eigenvalue weighted by molar-refractivity contribution is 5.74. The SMILES string of the molecule is CN(C)CCN1CCN(C(=O)N2CCOCC2)CC1. The van der Waals surface area contributed by atoms with E-state index in [1.54, 1.807) is 0 Å². The molecule has 0 N–H and O–H groups in total. The average molecular weight is 270 g/mol. The number of ether oxygens (including phenoxy) is 1. The second-order valence-electron chi connectivity index (χ2n) is 5.51. The molecular weight excluding hydrogens is 244 g/mol. The van der Waals surface area contributed by atoms with Gasteiger partial charge in [0.15, 0.2) is 0 Å². The van der Waals surface area contributed by atoms with Crippen molar-refractivity contribution in [1.29, 1.82) is 0 Å². The van der Waals surface area contributed by atoms with Gasteiger partial charge in [0.2, 0.25) is 0 Å². The molecule has 0 bridgehead atoms. The molecule has 2 saturated heterocycles. The molecule has 0 aromatic heterocycles. The number of carbonyl (C=O) groups excluding carboxylic acids is 1. The van der Waals surface area contributed by atoms with Crippen LogP contribution in [0.2, 0.25) is 0 Å². The fourth-order valence-electron chi connectivity index (χ4n) is 2.46. The zero-order valence-corrected chi connectivity index (χ0v) is 12.2. The van der Waals surface area contributed by atoms with Crippen LogP contribution in [0.4, 0.5) is 4.79 Å². The normalized spacial score (nSPS) is 22.1. The Hall–Kier alpha value is -0.850. The largest absolute Gasteiger partial charge is 0.378 e. The first-order chi connectivity index (χ1) is 9.16. The number of carbonyl (C=O) groups is 1. The van der Waals surface area contributed by atoms with Gasteiger partial charge in [0.05, 0.1) is 13.2 Å². The number of piperazine rings is 1. The van der Waals surface area contributed by atoms with E-state index in [-0.39, 0.29) is 6.03 Å². The fraction of sp³-hybridized carbons (Fsp3) is 0.923. The summed E-state index contributed by atoms with van der Waals surface area (Å²) in [6, 6.07) is 0.190. The Kier molecular flexibility index (Phi) is 5.42. The zero-order chi connectivity index (χ0) is 13.7. The number of hydrogen-bond donors (Lipinski definition) is 0. The lowest BCUT2D eigenvalue weighted by Crippen LogP contribution is -2.55. The summed E-state index contributed by atoms with van der Waals surface area (Å²) in [4.78, 5) is 20.8. The minimum Gasteiger partial charge on any atom is -0.378 e. The number of urea groups is 1. The van der Waals surface area contributed by atoms with Crippen molar-refractivity contribution in [3.63, 3.8) is 0 Å². The minimum atomic E-state index is 0.190. The maximum atomic E-state index is 12.3. The van der Waals surface area contributed by atoms with Gasteiger partial charge in [-0.2, -0.15) is 0 Å². The molecule has 19 heavy (non-hydrogen) atoms. The first-order valence-electron chi connectivity index (χ1n) is 7.15.